The summed E-state index contributed by atoms with van der Waals surface area (Å²) in [4.78, 5) is 11.7. The molecule has 2 atom stereocenters. The van der Waals surface area contributed by atoms with Crippen LogP contribution in [0.5, 0.6) is 5.75 Å². The first-order valence-corrected chi connectivity index (χ1v) is 7.19. The quantitative estimate of drug-likeness (QED) is 0.865. The third-order valence-corrected chi connectivity index (χ3v) is 3.95. The highest BCUT2D eigenvalue weighted by Crippen LogP contribution is 2.24. The number of aliphatic hydroxyl groups excluding tert-OH is 1. The van der Waals surface area contributed by atoms with Gasteiger partial charge in [0.15, 0.2) is 6.61 Å². The van der Waals surface area contributed by atoms with Gasteiger partial charge < -0.3 is 15.2 Å². The van der Waals surface area contributed by atoms with E-state index in [9.17, 15) is 9.90 Å². The topological polar surface area (TPSA) is 58.6 Å². The van der Waals surface area contributed by atoms with Gasteiger partial charge in [-0.3, -0.25) is 4.79 Å². The van der Waals surface area contributed by atoms with E-state index in [4.69, 9.17) is 4.74 Å². The number of carbonyl (C=O) groups is 1. The van der Waals surface area contributed by atoms with Crippen LogP contribution in [0.1, 0.15) is 30.4 Å². The number of nitrogens with one attached hydrogen (secondary N) is 1. The minimum absolute atomic E-state index is 0.0395. The first-order valence-electron chi connectivity index (χ1n) is 7.19. The fourth-order valence-corrected chi connectivity index (χ4v) is 2.50. The van der Waals surface area contributed by atoms with Crippen LogP contribution in [-0.2, 0) is 4.79 Å². The molecule has 0 aromatic heterocycles. The van der Waals surface area contributed by atoms with E-state index >= 15 is 0 Å². The molecule has 1 fully saturated rings. The van der Waals surface area contributed by atoms with Crippen LogP contribution in [0.3, 0.4) is 0 Å². The van der Waals surface area contributed by atoms with E-state index in [-0.39, 0.29) is 18.6 Å². The molecule has 0 spiro atoms. The van der Waals surface area contributed by atoms with Crippen molar-refractivity contribution in [2.24, 2.45) is 5.92 Å². The monoisotopic (exact) mass is 277 g/mol. The number of benzene rings is 1. The van der Waals surface area contributed by atoms with E-state index < -0.39 is 0 Å². The van der Waals surface area contributed by atoms with Gasteiger partial charge in [-0.25, -0.2) is 0 Å². The molecule has 2 rings (SSSR count). The van der Waals surface area contributed by atoms with Crippen LogP contribution in [0.2, 0.25) is 0 Å². The summed E-state index contributed by atoms with van der Waals surface area (Å²) in [6, 6.07) is 5.81. The summed E-state index contributed by atoms with van der Waals surface area (Å²) in [7, 11) is 0. The lowest BCUT2D eigenvalue weighted by Crippen LogP contribution is -2.32. The van der Waals surface area contributed by atoms with Gasteiger partial charge in [-0.15, -0.1) is 0 Å². The predicted molar refractivity (Wildman–Crippen MR) is 77.8 cm³/mol. The molecule has 1 aromatic carbocycles. The second-order valence-electron chi connectivity index (χ2n) is 5.67. The highest BCUT2D eigenvalue weighted by atomic mass is 16.5. The Morgan fingerprint density at radius 3 is 2.80 bits per heavy atom. The van der Waals surface area contributed by atoms with Crippen LogP contribution in [0.25, 0.3) is 0 Å². The van der Waals surface area contributed by atoms with Crippen molar-refractivity contribution in [2.45, 2.75) is 39.2 Å². The number of ether oxygens (including phenoxy) is 1. The lowest BCUT2D eigenvalue weighted by molar-refractivity contribution is -0.123. The van der Waals surface area contributed by atoms with Crippen LogP contribution < -0.4 is 10.1 Å². The molecule has 0 radical (unpaired) electrons. The molecule has 1 aromatic rings. The summed E-state index contributed by atoms with van der Waals surface area (Å²) in [6.07, 6.45) is 2.43. The van der Waals surface area contributed by atoms with Gasteiger partial charge in [-0.2, -0.15) is 0 Å². The summed E-state index contributed by atoms with van der Waals surface area (Å²) >= 11 is 0. The van der Waals surface area contributed by atoms with Gasteiger partial charge in [-0.1, -0.05) is 6.07 Å². The molecule has 20 heavy (non-hydrogen) atoms. The third-order valence-electron chi connectivity index (χ3n) is 3.95. The molecular formula is C16H23NO3. The molecule has 0 bridgehead atoms. The molecule has 1 saturated carbocycles. The minimum Gasteiger partial charge on any atom is -0.484 e. The number of hydrogen-bond acceptors (Lipinski definition) is 3. The normalized spacial score (nSPS) is 21.8. The lowest BCUT2D eigenvalue weighted by atomic mass is 10.1. The molecule has 2 N–H and O–H groups in total. The molecule has 110 valence electrons. The Morgan fingerprint density at radius 1 is 1.35 bits per heavy atom. The van der Waals surface area contributed by atoms with Crippen molar-refractivity contribution >= 4 is 5.91 Å². The number of amides is 1. The second kappa shape index (κ2) is 6.75. The minimum atomic E-state index is -0.191. The molecule has 2 unspecified atom stereocenters. The SMILES string of the molecule is Cc1ccc(OCC(=O)NCC2CCC(O)C2)cc1C. The van der Waals surface area contributed by atoms with Crippen LogP contribution in [0, 0.1) is 19.8 Å². The molecule has 1 aliphatic rings. The Bertz CT molecular complexity index is 473. The summed E-state index contributed by atoms with van der Waals surface area (Å²) < 4.78 is 5.48. The van der Waals surface area contributed by atoms with Crippen molar-refractivity contribution < 1.29 is 14.6 Å². The summed E-state index contributed by atoms with van der Waals surface area (Å²) in [5, 5.41) is 12.3. The number of carbonyl (C=O) groups excluding carboxylic acids is 1. The molecule has 0 saturated heterocycles. The Balaban J connectivity index is 1.70. The van der Waals surface area contributed by atoms with Gasteiger partial charge in [0.05, 0.1) is 6.10 Å². The average Bonchev–Trinajstić information content (AvgIpc) is 2.83. The van der Waals surface area contributed by atoms with E-state index in [2.05, 4.69) is 5.32 Å². The molecule has 0 heterocycles. The second-order valence-corrected chi connectivity index (χ2v) is 5.67. The average molecular weight is 277 g/mol. The maximum Gasteiger partial charge on any atom is 0.257 e. The first-order chi connectivity index (χ1) is 9.54. The number of hydrogen-bond donors (Lipinski definition) is 2. The molecule has 4 heteroatoms. The van der Waals surface area contributed by atoms with E-state index in [0.717, 1.165) is 30.6 Å². The number of rotatable bonds is 5. The van der Waals surface area contributed by atoms with Gasteiger partial charge in [0.1, 0.15) is 5.75 Å². The zero-order valence-corrected chi connectivity index (χ0v) is 12.2. The Labute approximate surface area is 120 Å². The molecule has 1 aliphatic carbocycles. The smallest absolute Gasteiger partial charge is 0.257 e. The fraction of sp³-hybridized carbons (Fsp3) is 0.562. The van der Waals surface area contributed by atoms with Crippen molar-refractivity contribution in [3.8, 4) is 5.75 Å². The van der Waals surface area contributed by atoms with Crippen molar-refractivity contribution in [1.29, 1.82) is 0 Å². The molecular weight excluding hydrogens is 254 g/mol. The summed E-state index contributed by atoms with van der Waals surface area (Å²) in [5.41, 5.74) is 2.37. The highest BCUT2D eigenvalue weighted by Gasteiger charge is 2.22. The van der Waals surface area contributed by atoms with E-state index in [1.54, 1.807) is 0 Å². The van der Waals surface area contributed by atoms with Gasteiger partial charge >= 0.3 is 0 Å². The van der Waals surface area contributed by atoms with E-state index in [1.807, 2.05) is 32.0 Å². The third kappa shape index (κ3) is 4.23. The van der Waals surface area contributed by atoms with E-state index in [0.29, 0.717) is 12.5 Å². The lowest BCUT2D eigenvalue weighted by Gasteiger charge is -2.12. The molecule has 1 amide bonds. The van der Waals surface area contributed by atoms with Crippen molar-refractivity contribution in [2.75, 3.05) is 13.2 Å². The Hall–Kier alpha value is -1.55. The largest absolute Gasteiger partial charge is 0.484 e. The highest BCUT2D eigenvalue weighted by molar-refractivity contribution is 5.77. The predicted octanol–water partition coefficient (Wildman–Crippen LogP) is 1.96. The zero-order valence-electron chi connectivity index (χ0n) is 12.2. The van der Waals surface area contributed by atoms with Crippen LogP contribution >= 0.6 is 0 Å². The standard InChI is InChI=1S/C16H23NO3/c1-11-3-6-15(7-12(11)2)20-10-16(19)17-9-13-4-5-14(18)8-13/h3,6-7,13-14,18H,4-5,8-10H2,1-2H3,(H,17,19). The van der Waals surface area contributed by atoms with Crippen molar-refractivity contribution in [3.63, 3.8) is 0 Å². The molecule has 4 nitrogen and oxygen atoms in total. The number of aliphatic hydroxyl groups is 1. The summed E-state index contributed by atoms with van der Waals surface area (Å²) in [6.45, 7) is 4.74. The fourth-order valence-electron chi connectivity index (χ4n) is 2.50. The van der Waals surface area contributed by atoms with Crippen LogP contribution in [0.4, 0.5) is 0 Å². The van der Waals surface area contributed by atoms with Crippen LogP contribution in [0.15, 0.2) is 18.2 Å². The van der Waals surface area contributed by atoms with Crippen molar-refractivity contribution in [3.05, 3.63) is 29.3 Å². The summed E-state index contributed by atoms with van der Waals surface area (Å²) in [5.74, 6) is 1.01. The van der Waals surface area contributed by atoms with Crippen molar-refractivity contribution in [1.82, 2.24) is 5.32 Å². The van der Waals surface area contributed by atoms with Crippen LogP contribution in [-0.4, -0.2) is 30.3 Å². The maximum absolute atomic E-state index is 11.7. The Morgan fingerprint density at radius 2 is 2.15 bits per heavy atom. The maximum atomic E-state index is 11.7. The van der Waals surface area contributed by atoms with Gasteiger partial charge in [0.25, 0.3) is 5.91 Å². The zero-order chi connectivity index (χ0) is 14.5. The Kier molecular flexibility index (Phi) is 5.01. The number of aryl methyl sites for hydroxylation is 2. The first kappa shape index (κ1) is 14.9. The van der Waals surface area contributed by atoms with Gasteiger partial charge in [0, 0.05) is 6.54 Å². The van der Waals surface area contributed by atoms with E-state index in [1.165, 1.54) is 5.56 Å². The van der Waals surface area contributed by atoms with Gasteiger partial charge in [0.2, 0.25) is 0 Å². The van der Waals surface area contributed by atoms with Gasteiger partial charge in [-0.05, 0) is 62.3 Å². The molecule has 0 aliphatic heterocycles.